The summed E-state index contributed by atoms with van der Waals surface area (Å²) in [5.41, 5.74) is 1.01. The molecule has 0 saturated heterocycles. The highest BCUT2D eigenvalue weighted by atomic mass is 32.2. The number of sulfonamides is 1. The van der Waals surface area contributed by atoms with Crippen LogP contribution in [0, 0.1) is 6.92 Å². The molecule has 6 nitrogen and oxygen atoms in total. The second kappa shape index (κ2) is 5.44. The summed E-state index contributed by atoms with van der Waals surface area (Å²) in [5.74, 6) is -0.639. The highest BCUT2D eigenvalue weighted by Crippen LogP contribution is 2.45. The molecule has 1 amide bonds. The number of carbonyl (C=O) groups is 1. The Kier molecular flexibility index (Phi) is 4.15. The second-order valence-corrected chi connectivity index (χ2v) is 7.92. The van der Waals surface area contributed by atoms with Crippen LogP contribution in [0.5, 0.6) is 0 Å². The van der Waals surface area contributed by atoms with Gasteiger partial charge in [-0.25, -0.2) is 13.1 Å². The molecule has 1 fully saturated rings. The third-order valence-electron chi connectivity index (χ3n) is 4.41. The minimum absolute atomic E-state index is 0.156. The zero-order chi connectivity index (χ0) is 15.8. The van der Waals surface area contributed by atoms with Gasteiger partial charge in [-0.1, -0.05) is 13.8 Å². The van der Waals surface area contributed by atoms with Crippen LogP contribution >= 0.6 is 0 Å². The van der Waals surface area contributed by atoms with Crippen LogP contribution in [0.25, 0.3) is 0 Å². The molecule has 1 aliphatic rings. The molecular weight excluding hydrogens is 290 g/mol. The quantitative estimate of drug-likeness (QED) is 0.872. The maximum absolute atomic E-state index is 12.2. The van der Waals surface area contributed by atoms with Gasteiger partial charge in [-0.15, -0.1) is 0 Å². The summed E-state index contributed by atoms with van der Waals surface area (Å²) in [6, 6.07) is 1.80. The Morgan fingerprint density at radius 1 is 1.48 bits per heavy atom. The van der Waals surface area contributed by atoms with Crippen LogP contribution < -0.4 is 4.72 Å². The summed E-state index contributed by atoms with van der Waals surface area (Å²) < 4.78 is 27.7. The van der Waals surface area contributed by atoms with E-state index in [1.807, 2.05) is 27.7 Å². The lowest BCUT2D eigenvalue weighted by Gasteiger charge is -2.14. The maximum atomic E-state index is 12.2. The summed E-state index contributed by atoms with van der Waals surface area (Å²) in [6.07, 6.45) is 2.65. The van der Waals surface area contributed by atoms with E-state index in [1.165, 1.54) is 0 Å². The Hall–Kier alpha value is -1.37. The van der Waals surface area contributed by atoms with E-state index in [4.69, 9.17) is 0 Å². The molecule has 0 aromatic carbocycles. The fraction of sp³-hybridized carbons (Fsp3) is 0.714. The molecule has 1 atom stereocenters. The van der Waals surface area contributed by atoms with E-state index in [9.17, 15) is 13.2 Å². The van der Waals surface area contributed by atoms with Crippen LogP contribution in [0.4, 0.5) is 0 Å². The standard InChI is InChI=1S/C14H23N3O3S/c1-5-10(3)17-11(4)9-12(15-17)13(18)16-21(19,20)14(6-2)7-8-14/h9-10H,5-8H2,1-4H3,(H,16,18). The second-order valence-electron chi connectivity index (χ2n) is 5.84. The fourth-order valence-electron chi connectivity index (χ4n) is 2.45. The lowest BCUT2D eigenvalue weighted by atomic mass is 10.2. The smallest absolute Gasteiger partial charge is 0.266 e. The van der Waals surface area contributed by atoms with Crippen molar-refractivity contribution in [2.75, 3.05) is 0 Å². The number of rotatable bonds is 6. The fourth-order valence-corrected chi connectivity index (χ4v) is 4.04. The number of nitrogens with zero attached hydrogens (tertiary/aromatic N) is 2. The molecule has 118 valence electrons. The lowest BCUT2D eigenvalue weighted by molar-refractivity contribution is 0.0975. The summed E-state index contributed by atoms with van der Waals surface area (Å²) in [6.45, 7) is 7.74. The van der Waals surface area contributed by atoms with Crippen LogP contribution in [-0.4, -0.2) is 28.9 Å². The van der Waals surface area contributed by atoms with Gasteiger partial charge in [-0.3, -0.25) is 9.48 Å². The molecule has 1 N–H and O–H groups in total. The summed E-state index contributed by atoms with van der Waals surface area (Å²) >= 11 is 0. The summed E-state index contributed by atoms with van der Waals surface area (Å²) in [4.78, 5) is 12.2. The highest BCUT2D eigenvalue weighted by molar-refractivity contribution is 7.91. The first kappa shape index (κ1) is 16.0. The van der Waals surface area contributed by atoms with E-state index in [1.54, 1.807) is 10.7 Å². The van der Waals surface area contributed by atoms with Gasteiger partial charge in [-0.2, -0.15) is 5.10 Å². The Bertz CT molecular complexity index is 644. The molecule has 2 rings (SSSR count). The van der Waals surface area contributed by atoms with Gasteiger partial charge in [0.15, 0.2) is 5.69 Å². The number of carbonyl (C=O) groups excluding carboxylic acids is 1. The van der Waals surface area contributed by atoms with Crippen LogP contribution in [0.2, 0.25) is 0 Å². The molecule has 0 radical (unpaired) electrons. The Morgan fingerprint density at radius 3 is 2.57 bits per heavy atom. The summed E-state index contributed by atoms with van der Waals surface area (Å²) in [7, 11) is -3.62. The molecule has 1 aromatic heterocycles. The normalized spacial score (nSPS) is 18.3. The molecule has 0 spiro atoms. The average molecular weight is 313 g/mol. The van der Waals surface area contributed by atoms with Crippen molar-refractivity contribution in [2.24, 2.45) is 0 Å². The average Bonchev–Trinajstić information content (AvgIpc) is 3.15. The van der Waals surface area contributed by atoms with Crippen molar-refractivity contribution in [1.29, 1.82) is 0 Å². The zero-order valence-electron chi connectivity index (χ0n) is 13.0. The Balaban J connectivity index is 2.18. The molecule has 1 aromatic rings. The van der Waals surface area contributed by atoms with Gasteiger partial charge < -0.3 is 0 Å². The number of aryl methyl sites for hydroxylation is 1. The van der Waals surface area contributed by atoms with Crippen molar-refractivity contribution in [2.45, 2.75) is 64.2 Å². The van der Waals surface area contributed by atoms with E-state index in [0.29, 0.717) is 19.3 Å². The van der Waals surface area contributed by atoms with Crippen molar-refractivity contribution >= 4 is 15.9 Å². The predicted molar refractivity (Wildman–Crippen MR) is 80.6 cm³/mol. The van der Waals surface area contributed by atoms with Crippen LogP contribution in [0.1, 0.15) is 68.7 Å². The van der Waals surface area contributed by atoms with Crippen LogP contribution in [0.15, 0.2) is 6.07 Å². The molecule has 0 aliphatic heterocycles. The monoisotopic (exact) mass is 313 g/mol. The number of hydrogen-bond acceptors (Lipinski definition) is 4. The topological polar surface area (TPSA) is 81.1 Å². The SMILES string of the molecule is CCC(C)n1nc(C(=O)NS(=O)(=O)C2(CC)CC2)cc1C. The first-order chi connectivity index (χ1) is 9.76. The minimum Gasteiger partial charge on any atom is -0.266 e. The number of hydrogen-bond donors (Lipinski definition) is 1. The predicted octanol–water partition coefficient (Wildman–Crippen LogP) is 2.16. The van der Waals surface area contributed by atoms with Gasteiger partial charge in [0.05, 0.1) is 4.75 Å². The summed E-state index contributed by atoms with van der Waals surface area (Å²) in [5, 5.41) is 4.23. The molecule has 7 heteroatoms. The lowest BCUT2D eigenvalue weighted by Crippen LogP contribution is -2.39. The molecular formula is C14H23N3O3S. The van der Waals surface area contributed by atoms with Crippen molar-refractivity contribution < 1.29 is 13.2 Å². The number of amides is 1. The largest absolute Gasteiger partial charge is 0.285 e. The minimum atomic E-state index is -3.62. The van der Waals surface area contributed by atoms with Crippen molar-refractivity contribution in [3.05, 3.63) is 17.5 Å². The van der Waals surface area contributed by atoms with Gasteiger partial charge in [0.1, 0.15) is 0 Å². The zero-order valence-corrected chi connectivity index (χ0v) is 13.8. The molecule has 1 unspecified atom stereocenters. The van der Waals surface area contributed by atoms with Crippen molar-refractivity contribution in [3.8, 4) is 0 Å². The van der Waals surface area contributed by atoms with E-state index >= 15 is 0 Å². The first-order valence-corrected chi connectivity index (χ1v) is 8.87. The van der Waals surface area contributed by atoms with Crippen molar-refractivity contribution in [1.82, 2.24) is 14.5 Å². The molecule has 1 aliphatic carbocycles. The van der Waals surface area contributed by atoms with Crippen molar-refractivity contribution in [3.63, 3.8) is 0 Å². The number of aromatic nitrogens is 2. The Morgan fingerprint density at radius 2 is 2.10 bits per heavy atom. The van der Waals surface area contributed by atoms with Gasteiger partial charge in [0.25, 0.3) is 5.91 Å². The Labute approximate surface area is 126 Å². The molecule has 21 heavy (non-hydrogen) atoms. The number of nitrogens with one attached hydrogen (secondary N) is 1. The third kappa shape index (κ3) is 2.84. The van der Waals surface area contributed by atoms with Gasteiger partial charge in [0.2, 0.25) is 10.0 Å². The van der Waals surface area contributed by atoms with Gasteiger partial charge in [0, 0.05) is 11.7 Å². The van der Waals surface area contributed by atoms with Crippen LogP contribution in [-0.2, 0) is 10.0 Å². The van der Waals surface area contributed by atoms with E-state index in [0.717, 1.165) is 12.1 Å². The maximum Gasteiger partial charge on any atom is 0.285 e. The first-order valence-electron chi connectivity index (χ1n) is 7.39. The van der Waals surface area contributed by atoms with Crippen LogP contribution in [0.3, 0.4) is 0 Å². The molecule has 0 bridgehead atoms. The van der Waals surface area contributed by atoms with E-state index in [2.05, 4.69) is 9.82 Å². The molecule has 1 saturated carbocycles. The van der Waals surface area contributed by atoms with Gasteiger partial charge >= 0.3 is 0 Å². The van der Waals surface area contributed by atoms with Gasteiger partial charge in [-0.05, 0) is 45.6 Å². The molecule has 1 heterocycles. The van der Waals surface area contributed by atoms with E-state index < -0.39 is 20.7 Å². The third-order valence-corrected chi connectivity index (χ3v) is 6.70. The van der Waals surface area contributed by atoms with E-state index in [-0.39, 0.29) is 11.7 Å². The highest BCUT2D eigenvalue weighted by Gasteiger charge is 2.53.